The van der Waals surface area contributed by atoms with E-state index >= 15 is 0 Å². The summed E-state index contributed by atoms with van der Waals surface area (Å²) >= 11 is 0. The first-order valence-electron chi connectivity index (χ1n) is 47.0. The van der Waals surface area contributed by atoms with Gasteiger partial charge < -0.3 is 9.13 Å². The molecule has 0 spiro atoms. The quantitative estimate of drug-likeness (QED) is 0.100. The minimum Gasteiger partial charge on any atom is -0.308 e. The Bertz CT molecular complexity index is 9640. The average Bonchev–Trinajstić information content (AvgIpc) is 1.62. The zero-order chi connectivity index (χ0) is 93.2. The predicted molar refractivity (Wildman–Crippen MR) is 575 cm³/mol. The van der Waals surface area contributed by atoms with Crippen LogP contribution in [0.1, 0.15) is 0 Å². The Morgan fingerprint density at radius 2 is 0.603 bits per heavy atom. The summed E-state index contributed by atoms with van der Waals surface area (Å²) in [5, 5.41) is 16.2. The Morgan fingerprint density at radius 3 is 1.28 bits per heavy atom. The van der Waals surface area contributed by atoms with Crippen LogP contribution < -0.4 is 0 Å². The summed E-state index contributed by atoms with van der Waals surface area (Å²) in [6, 6.07) is 153. The molecule has 0 bridgehead atoms. The molecule has 0 fully saturated rings. The summed E-state index contributed by atoms with van der Waals surface area (Å²) in [5.74, 6) is 0. The summed E-state index contributed by atoms with van der Waals surface area (Å²) in [6.45, 7) is 0. The van der Waals surface area contributed by atoms with Crippen LogP contribution in [0.5, 0.6) is 0 Å². The third-order valence-electron chi connectivity index (χ3n) is 26.7. The van der Waals surface area contributed by atoms with Gasteiger partial charge in [0.2, 0.25) is 0 Å². The maximum Gasteiger partial charge on any atom is 0.145 e. The van der Waals surface area contributed by atoms with Crippen LogP contribution in [0.25, 0.3) is 261 Å². The Hall–Kier alpha value is -19.4. The zero-order valence-electron chi connectivity index (χ0n) is 75.8. The summed E-state index contributed by atoms with van der Waals surface area (Å²) < 4.78 is 6.80. The van der Waals surface area contributed by atoms with E-state index < -0.39 is 0 Å². The van der Waals surface area contributed by atoms with Crippen LogP contribution in [0.4, 0.5) is 0 Å². The highest BCUT2D eigenvalue weighted by atomic mass is 15.0. The van der Waals surface area contributed by atoms with E-state index in [1.165, 1.54) is 43.1 Å². The molecule has 15 heteroatoms. The number of para-hydroxylation sites is 4. The highest BCUT2D eigenvalue weighted by Gasteiger charge is 2.23. The molecule has 0 atom stereocenters. The van der Waals surface area contributed by atoms with Gasteiger partial charge in [0, 0.05) is 124 Å². The van der Waals surface area contributed by atoms with Crippen molar-refractivity contribution < 1.29 is 0 Å². The van der Waals surface area contributed by atoms with Crippen LogP contribution in [0.3, 0.4) is 0 Å². The molecule has 15 aromatic heterocycles. The Morgan fingerprint density at radius 1 is 0.170 bits per heavy atom. The van der Waals surface area contributed by atoms with Crippen molar-refractivity contribution in [2.24, 2.45) is 0 Å². The van der Waals surface area contributed by atoms with Gasteiger partial charge >= 0.3 is 0 Å². The highest BCUT2D eigenvalue weighted by molar-refractivity contribution is 6.15. The van der Waals surface area contributed by atoms with Crippen molar-refractivity contribution >= 4 is 131 Å². The number of fused-ring (bicyclic) bond motifs is 18. The van der Waals surface area contributed by atoms with Gasteiger partial charge in [-0.1, -0.05) is 255 Å². The number of rotatable bonds is 13. The van der Waals surface area contributed by atoms with Gasteiger partial charge in [0.1, 0.15) is 5.65 Å². The van der Waals surface area contributed by atoms with Gasteiger partial charge in [-0.25, -0.2) is 39.9 Å². The second kappa shape index (κ2) is 35.1. The topological polar surface area (TPSA) is 169 Å². The molecule has 658 valence electrons. The van der Waals surface area contributed by atoms with Crippen LogP contribution in [-0.2, 0) is 0 Å². The maximum absolute atomic E-state index is 5.26. The fourth-order valence-corrected chi connectivity index (χ4v) is 20.1. The van der Waals surface area contributed by atoms with Crippen molar-refractivity contribution in [2.75, 3.05) is 0 Å². The smallest absolute Gasteiger partial charge is 0.145 e. The Kier molecular flexibility index (Phi) is 20.5. The number of benzene rings is 13. The van der Waals surface area contributed by atoms with E-state index in [9.17, 15) is 0 Å². The van der Waals surface area contributed by atoms with Gasteiger partial charge in [-0.05, 0) is 226 Å². The molecule has 0 aliphatic heterocycles. The van der Waals surface area contributed by atoms with Crippen molar-refractivity contribution in [3.8, 4) is 130 Å². The number of pyridine rings is 12. The minimum atomic E-state index is 0.808. The molecule has 0 radical (unpaired) electrons. The van der Waals surface area contributed by atoms with Crippen LogP contribution in [0.2, 0.25) is 0 Å². The normalized spacial score (nSPS) is 11.5. The van der Waals surface area contributed by atoms with E-state index in [4.69, 9.17) is 44.9 Å². The summed E-state index contributed by atoms with van der Waals surface area (Å²) in [7, 11) is 0. The van der Waals surface area contributed by atoms with Crippen LogP contribution in [0.15, 0.2) is 480 Å². The van der Waals surface area contributed by atoms with Crippen molar-refractivity contribution in [3.63, 3.8) is 0 Å². The Labute approximate surface area is 808 Å². The van der Waals surface area contributed by atoms with Crippen LogP contribution in [-0.4, -0.2) is 73.5 Å². The van der Waals surface area contributed by atoms with Gasteiger partial charge in [-0.2, -0.15) is 0 Å². The largest absolute Gasteiger partial charge is 0.308 e. The second-order valence-electron chi connectivity index (χ2n) is 35.0. The lowest BCUT2D eigenvalue weighted by molar-refractivity contribution is 1.13. The van der Waals surface area contributed by atoms with E-state index in [2.05, 4.69) is 374 Å². The molecule has 28 rings (SSSR count). The lowest BCUT2D eigenvalue weighted by Gasteiger charge is -2.14. The van der Waals surface area contributed by atoms with Gasteiger partial charge in [0.05, 0.1) is 130 Å². The first-order valence-corrected chi connectivity index (χ1v) is 47.0. The predicted octanol–water partition coefficient (Wildman–Crippen LogP) is 30.7. The highest BCUT2D eigenvalue weighted by Crippen LogP contribution is 2.43. The first-order chi connectivity index (χ1) is 69.9. The third-order valence-corrected chi connectivity index (χ3v) is 26.7. The molecule has 28 aromatic rings. The molecule has 15 heterocycles. The molecule has 0 saturated heterocycles. The molecule has 0 saturated carbocycles. The number of hydrogen-bond donors (Lipinski definition) is 0. The molecule has 141 heavy (non-hydrogen) atoms. The van der Waals surface area contributed by atoms with Gasteiger partial charge in [-0.15, -0.1) is 0 Å². The molecular weight excluding hydrogens is 1720 g/mol. The fraction of sp³-hybridized carbons (Fsp3) is 0. The van der Waals surface area contributed by atoms with E-state index in [1.54, 1.807) is 6.20 Å². The van der Waals surface area contributed by atoms with Gasteiger partial charge in [0.15, 0.2) is 0 Å². The van der Waals surface area contributed by atoms with Crippen LogP contribution in [0, 0.1) is 0 Å². The van der Waals surface area contributed by atoms with Crippen molar-refractivity contribution in [2.45, 2.75) is 0 Å². The van der Waals surface area contributed by atoms with E-state index in [0.29, 0.717) is 0 Å². The molecule has 0 aliphatic carbocycles. The zero-order valence-corrected chi connectivity index (χ0v) is 75.8. The maximum atomic E-state index is 5.26. The van der Waals surface area contributed by atoms with Crippen molar-refractivity contribution in [1.82, 2.24) is 73.5 Å². The third kappa shape index (κ3) is 15.1. The van der Waals surface area contributed by atoms with Crippen LogP contribution >= 0.6 is 0 Å². The Balaban J connectivity index is 0.000000109. The standard InChI is InChI=1S/C47H30N4.C40H25N5.C39H24N6/c1-2-12-31(13-3-1)33-26-34(28-35(27-33)51-46-23-9-8-18-39(46)40-24-25-48-30-47(40)51)42-19-10-21-44(49-42)45-22-11-20-43(50-45)41-29-32-14-4-5-15-36(32)37-16-6-7-17-38(37)41;1-2-12-30-28(10-1)29-11-3-5-14-33(29)44-39(30)36-18-8-17-35(43-36)34-16-7-15-32(42-34)26-21-23-27(24-22-26)45-37-19-6-4-13-31(37)40-38(45)20-9-25-41-40;1-2-14-36-30(8-1)31-9-6-22-41-39(31)45(36)29-19-17-25(18-20-29)32-10-3-12-34(43-32)35-13-4-11-33(44-35)28-23-27-16-15-26-7-5-21-40-37(26)38(27)42-24-28/h1-30H;1-25H;1-24H. The molecule has 0 amide bonds. The molecular formula is C126H79N15. The van der Waals surface area contributed by atoms with E-state index in [0.717, 1.165) is 218 Å². The molecule has 0 N–H and O–H groups in total. The summed E-state index contributed by atoms with van der Waals surface area (Å²) in [4.78, 5) is 58.9. The summed E-state index contributed by atoms with van der Waals surface area (Å²) in [6.07, 6.45) is 11.2. The second-order valence-corrected chi connectivity index (χ2v) is 35.0. The fourth-order valence-electron chi connectivity index (χ4n) is 20.1. The average molecular weight is 1800 g/mol. The molecule has 13 aromatic carbocycles. The first kappa shape index (κ1) is 82.3. The molecule has 0 aliphatic rings. The van der Waals surface area contributed by atoms with Gasteiger partial charge in [-0.3, -0.25) is 24.5 Å². The van der Waals surface area contributed by atoms with Crippen molar-refractivity contribution in [1.29, 1.82) is 0 Å². The number of aromatic nitrogens is 15. The van der Waals surface area contributed by atoms with Crippen molar-refractivity contribution in [3.05, 3.63) is 480 Å². The lowest BCUT2D eigenvalue weighted by Crippen LogP contribution is -1.97. The lowest BCUT2D eigenvalue weighted by atomic mass is 9.95. The van der Waals surface area contributed by atoms with Gasteiger partial charge in [0.25, 0.3) is 0 Å². The number of hydrogen-bond acceptors (Lipinski definition) is 12. The van der Waals surface area contributed by atoms with E-state index in [1.807, 2.05) is 128 Å². The SMILES string of the molecule is c1cc(-c2ccc(-n3c4ccccc4c4cccnc43)cc2)nc(-c2cccc(-c3cnc4c(ccc5cccnc54)c3)n2)c1.c1cc(-c2ccc(-n3c4ccccc4c4ncccc43)cc2)nc(-c2cccc(-c3nc4ccccc4c4ccccc34)n2)c1.c1ccc(-c2cc(-c3cccc(-c4cccc(-c5cc6ccccc6c6ccccc56)n4)n3)cc(-n3c4ccccc4c4ccncc43)c2)cc1. The summed E-state index contributed by atoms with van der Waals surface area (Å²) in [5.41, 5.74) is 31.9. The van der Waals surface area contributed by atoms with E-state index in [-0.39, 0.29) is 0 Å². The monoisotopic (exact) mass is 1800 g/mol. The minimum absolute atomic E-state index is 0.808. The molecule has 0 unspecified atom stereocenters. The molecule has 15 nitrogen and oxygen atoms in total. The number of nitrogens with zero attached hydrogens (tertiary/aromatic N) is 15.